The van der Waals surface area contributed by atoms with Crippen molar-refractivity contribution in [3.63, 3.8) is 0 Å². The fourth-order valence-electron chi connectivity index (χ4n) is 3.00. The Morgan fingerprint density at radius 3 is 2.72 bits per heavy atom. The van der Waals surface area contributed by atoms with Gasteiger partial charge in [0.1, 0.15) is 6.54 Å². The van der Waals surface area contributed by atoms with Gasteiger partial charge in [0.25, 0.3) is 0 Å². The number of sulfone groups is 1. The summed E-state index contributed by atoms with van der Waals surface area (Å²) in [6.45, 7) is 1.21. The zero-order valence-corrected chi connectivity index (χ0v) is 14.6. The molecule has 0 aliphatic carbocycles. The van der Waals surface area contributed by atoms with E-state index in [-0.39, 0.29) is 29.9 Å². The van der Waals surface area contributed by atoms with Crippen molar-refractivity contribution < 1.29 is 18.0 Å². The molecular weight excluding hydrogens is 342 g/mol. The number of benzene rings is 1. The fraction of sp³-hybridized carbons (Fsp3) is 0.353. The van der Waals surface area contributed by atoms with Crippen molar-refractivity contribution in [2.75, 3.05) is 23.0 Å². The summed E-state index contributed by atoms with van der Waals surface area (Å²) in [6, 6.07) is 8.72. The minimum Gasteiger partial charge on any atom is -0.351 e. The monoisotopic (exact) mass is 361 g/mol. The lowest BCUT2D eigenvalue weighted by Crippen LogP contribution is -2.44. The molecule has 8 heteroatoms. The molecule has 3 rings (SSSR count). The summed E-state index contributed by atoms with van der Waals surface area (Å²) in [5.74, 6) is -0.631. The van der Waals surface area contributed by atoms with Crippen LogP contribution in [0.5, 0.6) is 0 Å². The summed E-state index contributed by atoms with van der Waals surface area (Å²) >= 11 is 0. The first-order chi connectivity index (χ1) is 11.9. The molecule has 1 aromatic heterocycles. The van der Waals surface area contributed by atoms with Crippen molar-refractivity contribution >= 4 is 38.2 Å². The molecule has 2 aromatic rings. The second-order valence-corrected chi connectivity index (χ2v) is 8.35. The standard InChI is InChI=1S/C17H19N3O4S/c1-12(21)20(10-16(22)19-14-7-9-25(23,24)11-14)15-6-2-4-13-5-3-8-18-17(13)15/h2-6,8,14H,7,9-11H2,1H3,(H,19,22). The minimum absolute atomic E-state index is 0.0470. The van der Waals surface area contributed by atoms with Crippen molar-refractivity contribution in [3.05, 3.63) is 36.5 Å². The van der Waals surface area contributed by atoms with Crippen molar-refractivity contribution in [2.24, 2.45) is 0 Å². The first-order valence-electron chi connectivity index (χ1n) is 7.97. The molecule has 0 bridgehead atoms. The molecule has 1 N–H and O–H groups in total. The maximum Gasteiger partial charge on any atom is 0.240 e. The number of rotatable bonds is 4. The first-order valence-corrected chi connectivity index (χ1v) is 9.79. The van der Waals surface area contributed by atoms with Crippen molar-refractivity contribution in [1.82, 2.24) is 10.3 Å². The lowest BCUT2D eigenvalue weighted by Gasteiger charge is -2.22. The third kappa shape index (κ3) is 3.96. The van der Waals surface area contributed by atoms with Gasteiger partial charge in [-0.3, -0.25) is 14.6 Å². The molecule has 1 aliphatic heterocycles. The van der Waals surface area contributed by atoms with Crippen LogP contribution in [-0.4, -0.2) is 49.3 Å². The van der Waals surface area contributed by atoms with Gasteiger partial charge in [-0.05, 0) is 18.6 Å². The summed E-state index contributed by atoms with van der Waals surface area (Å²) in [7, 11) is -3.07. The SMILES string of the molecule is CC(=O)N(CC(=O)NC1CCS(=O)(=O)C1)c1cccc2cccnc12. The van der Waals surface area contributed by atoms with E-state index in [0.717, 1.165) is 5.39 Å². The lowest BCUT2D eigenvalue weighted by molar-refractivity contribution is -0.123. The van der Waals surface area contributed by atoms with E-state index < -0.39 is 15.9 Å². The van der Waals surface area contributed by atoms with Gasteiger partial charge in [-0.15, -0.1) is 0 Å². The van der Waals surface area contributed by atoms with Crippen LogP contribution in [0.15, 0.2) is 36.5 Å². The molecule has 25 heavy (non-hydrogen) atoms. The summed E-state index contributed by atoms with van der Waals surface area (Å²) in [5, 5.41) is 3.57. The zero-order valence-electron chi connectivity index (χ0n) is 13.8. The van der Waals surface area contributed by atoms with Crippen molar-refractivity contribution in [3.8, 4) is 0 Å². The number of fused-ring (bicyclic) bond motifs is 1. The Morgan fingerprint density at radius 2 is 2.04 bits per heavy atom. The highest BCUT2D eigenvalue weighted by molar-refractivity contribution is 7.91. The highest BCUT2D eigenvalue weighted by atomic mass is 32.2. The molecule has 132 valence electrons. The molecule has 1 atom stereocenters. The summed E-state index contributed by atoms with van der Waals surface area (Å²) in [6.07, 6.45) is 2.04. The molecule has 0 spiro atoms. The van der Waals surface area contributed by atoms with Gasteiger partial charge in [-0.25, -0.2) is 8.42 Å². The zero-order chi connectivity index (χ0) is 18.0. The molecule has 0 radical (unpaired) electrons. The van der Waals surface area contributed by atoms with E-state index in [1.807, 2.05) is 12.1 Å². The molecule has 1 aliphatic rings. The molecule has 1 aromatic carbocycles. The van der Waals surface area contributed by atoms with Gasteiger partial charge in [-0.1, -0.05) is 18.2 Å². The molecule has 7 nitrogen and oxygen atoms in total. The van der Waals surface area contributed by atoms with Gasteiger partial charge in [0.15, 0.2) is 9.84 Å². The molecule has 0 saturated carbocycles. The Morgan fingerprint density at radius 1 is 1.28 bits per heavy atom. The van der Waals surface area contributed by atoms with E-state index in [2.05, 4.69) is 10.3 Å². The Bertz CT molecular complexity index is 921. The van der Waals surface area contributed by atoms with Crippen molar-refractivity contribution in [1.29, 1.82) is 0 Å². The van der Waals surface area contributed by atoms with Gasteiger partial charge in [-0.2, -0.15) is 0 Å². The predicted molar refractivity (Wildman–Crippen MR) is 95.0 cm³/mol. The topological polar surface area (TPSA) is 96.4 Å². The average molecular weight is 361 g/mol. The number of aromatic nitrogens is 1. The molecule has 2 heterocycles. The number of carbonyl (C=O) groups excluding carboxylic acids is 2. The quantitative estimate of drug-likeness (QED) is 0.872. The Kier molecular flexibility index (Phi) is 4.71. The largest absolute Gasteiger partial charge is 0.351 e. The maximum absolute atomic E-state index is 12.3. The molecule has 1 unspecified atom stereocenters. The Labute approximate surface area is 146 Å². The van der Waals surface area contributed by atoms with E-state index in [4.69, 9.17) is 0 Å². The smallest absolute Gasteiger partial charge is 0.240 e. The summed E-state index contributed by atoms with van der Waals surface area (Å²) in [5.41, 5.74) is 1.19. The summed E-state index contributed by atoms with van der Waals surface area (Å²) in [4.78, 5) is 30.1. The number of nitrogens with one attached hydrogen (secondary N) is 1. The highest BCUT2D eigenvalue weighted by Crippen LogP contribution is 2.24. The van der Waals surface area contributed by atoms with Crippen LogP contribution in [0.1, 0.15) is 13.3 Å². The molecule has 1 fully saturated rings. The number of para-hydroxylation sites is 1. The number of nitrogens with zero attached hydrogens (tertiary/aromatic N) is 2. The van der Waals surface area contributed by atoms with Crippen LogP contribution in [0.3, 0.4) is 0 Å². The Balaban J connectivity index is 1.80. The van der Waals surface area contributed by atoms with Gasteiger partial charge >= 0.3 is 0 Å². The van der Waals surface area contributed by atoms with Crippen molar-refractivity contribution in [2.45, 2.75) is 19.4 Å². The van der Waals surface area contributed by atoms with Gasteiger partial charge in [0.05, 0.1) is 22.7 Å². The number of carbonyl (C=O) groups is 2. The van der Waals surface area contributed by atoms with E-state index >= 15 is 0 Å². The minimum atomic E-state index is -3.07. The normalized spacial score (nSPS) is 18.8. The third-order valence-corrected chi connectivity index (χ3v) is 5.95. The average Bonchev–Trinajstić information content (AvgIpc) is 2.90. The van der Waals surface area contributed by atoms with E-state index in [1.165, 1.54) is 11.8 Å². The first kappa shape index (κ1) is 17.3. The number of hydrogen-bond acceptors (Lipinski definition) is 5. The number of anilines is 1. The van der Waals surface area contributed by atoms with Crippen LogP contribution in [0, 0.1) is 0 Å². The van der Waals surface area contributed by atoms with Crippen LogP contribution in [0.4, 0.5) is 5.69 Å². The van der Waals surface area contributed by atoms with Crippen LogP contribution in [0.2, 0.25) is 0 Å². The molecule has 2 amide bonds. The lowest BCUT2D eigenvalue weighted by atomic mass is 10.1. The molecular formula is C17H19N3O4S. The predicted octanol–water partition coefficient (Wildman–Crippen LogP) is 0.891. The number of amides is 2. The van der Waals surface area contributed by atoms with Gasteiger partial charge in [0, 0.05) is 24.5 Å². The van der Waals surface area contributed by atoms with Gasteiger partial charge < -0.3 is 10.2 Å². The van der Waals surface area contributed by atoms with Gasteiger partial charge in [0.2, 0.25) is 11.8 Å². The van der Waals surface area contributed by atoms with E-state index in [1.54, 1.807) is 24.4 Å². The number of hydrogen-bond donors (Lipinski definition) is 1. The summed E-state index contributed by atoms with van der Waals surface area (Å²) < 4.78 is 23.0. The second kappa shape index (κ2) is 6.79. The third-order valence-electron chi connectivity index (χ3n) is 4.18. The molecule has 1 saturated heterocycles. The van der Waals surface area contributed by atoms with Crippen LogP contribution in [0.25, 0.3) is 10.9 Å². The van der Waals surface area contributed by atoms with E-state index in [9.17, 15) is 18.0 Å². The fourth-order valence-corrected chi connectivity index (χ4v) is 4.67. The maximum atomic E-state index is 12.3. The van der Waals surface area contributed by atoms with E-state index in [0.29, 0.717) is 17.6 Å². The van der Waals surface area contributed by atoms with Crippen LogP contribution in [-0.2, 0) is 19.4 Å². The van der Waals surface area contributed by atoms with Crippen LogP contribution < -0.4 is 10.2 Å². The Hall–Kier alpha value is -2.48. The van der Waals surface area contributed by atoms with Crippen LogP contribution >= 0.6 is 0 Å². The highest BCUT2D eigenvalue weighted by Gasteiger charge is 2.29. The number of pyridine rings is 1. The second-order valence-electron chi connectivity index (χ2n) is 6.12.